The molecule has 0 aliphatic rings. The Labute approximate surface area is 111 Å². The molecule has 0 aliphatic carbocycles. The molecule has 0 fully saturated rings. The van der Waals surface area contributed by atoms with Gasteiger partial charge in [-0.3, -0.25) is 9.78 Å². The van der Waals surface area contributed by atoms with Crippen LogP contribution in [0.25, 0.3) is 0 Å². The summed E-state index contributed by atoms with van der Waals surface area (Å²) in [4.78, 5) is 15.5. The molecule has 0 spiro atoms. The van der Waals surface area contributed by atoms with Gasteiger partial charge < -0.3 is 9.84 Å². The number of hydrogen-bond donors (Lipinski definition) is 1. The van der Waals surface area contributed by atoms with Crippen molar-refractivity contribution in [1.82, 2.24) is 4.98 Å². The largest absolute Gasteiger partial charge is 0.496 e. The summed E-state index contributed by atoms with van der Waals surface area (Å²) in [6.45, 7) is 1.92. The fourth-order valence-electron chi connectivity index (χ4n) is 2.09. The number of aryl methyl sites for hydroxylation is 1. The number of hydrogen-bond acceptors (Lipinski definition) is 3. The molecule has 4 heteroatoms. The van der Waals surface area contributed by atoms with E-state index in [1.165, 1.54) is 0 Å². The molecule has 0 amide bonds. The zero-order chi connectivity index (χ0) is 13.8. The van der Waals surface area contributed by atoms with Crippen molar-refractivity contribution >= 4 is 5.97 Å². The average molecular weight is 257 g/mol. The first kappa shape index (κ1) is 13.1. The van der Waals surface area contributed by atoms with Crippen molar-refractivity contribution in [3.8, 4) is 5.75 Å². The normalized spacial score (nSPS) is 11.9. The molecule has 1 unspecified atom stereocenters. The third kappa shape index (κ3) is 2.73. The first-order valence-corrected chi connectivity index (χ1v) is 5.90. The van der Waals surface area contributed by atoms with E-state index in [-0.39, 0.29) is 0 Å². The van der Waals surface area contributed by atoms with Gasteiger partial charge in [0.1, 0.15) is 11.7 Å². The van der Waals surface area contributed by atoms with Gasteiger partial charge in [0.2, 0.25) is 0 Å². The maximum absolute atomic E-state index is 11.6. The summed E-state index contributed by atoms with van der Waals surface area (Å²) < 4.78 is 5.27. The van der Waals surface area contributed by atoms with E-state index in [0.29, 0.717) is 16.9 Å². The van der Waals surface area contributed by atoms with Gasteiger partial charge in [-0.05, 0) is 30.7 Å². The third-order valence-corrected chi connectivity index (χ3v) is 2.98. The van der Waals surface area contributed by atoms with Crippen LogP contribution in [-0.4, -0.2) is 23.2 Å². The fourth-order valence-corrected chi connectivity index (χ4v) is 2.09. The van der Waals surface area contributed by atoms with Gasteiger partial charge in [-0.25, -0.2) is 0 Å². The van der Waals surface area contributed by atoms with Crippen LogP contribution in [0.1, 0.15) is 22.6 Å². The van der Waals surface area contributed by atoms with E-state index in [0.717, 1.165) is 5.56 Å². The van der Waals surface area contributed by atoms with Crippen molar-refractivity contribution in [1.29, 1.82) is 0 Å². The molecule has 1 N–H and O–H groups in total. The van der Waals surface area contributed by atoms with E-state index in [1.807, 2.05) is 19.1 Å². The van der Waals surface area contributed by atoms with Crippen molar-refractivity contribution in [3.05, 3.63) is 59.4 Å². The highest BCUT2D eigenvalue weighted by Crippen LogP contribution is 2.32. The summed E-state index contributed by atoms with van der Waals surface area (Å²) in [7, 11) is 1.54. The number of carboxylic acids is 1. The fraction of sp³-hybridized carbons (Fsp3) is 0.200. The Balaban J connectivity index is 2.57. The monoisotopic (exact) mass is 257 g/mol. The van der Waals surface area contributed by atoms with Gasteiger partial charge in [0, 0.05) is 18.0 Å². The Kier molecular flexibility index (Phi) is 3.80. The Hall–Kier alpha value is -2.36. The van der Waals surface area contributed by atoms with E-state index in [1.54, 1.807) is 37.7 Å². The minimum absolute atomic E-state index is 0.579. The van der Waals surface area contributed by atoms with Crippen molar-refractivity contribution in [2.75, 3.05) is 7.11 Å². The van der Waals surface area contributed by atoms with Gasteiger partial charge in [0.05, 0.1) is 7.11 Å². The van der Waals surface area contributed by atoms with Crippen molar-refractivity contribution < 1.29 is 14.6 Å². The molecular formula is C15H15NO3. The number of pyridine rings is 1. The van der Waals surface area contributed by atoms with E-state index in [9.17, 15) is 9.90 Å². The minimum atomic E-state index is -0.907. The van der Waals surface area contributed by atoms with Crippen LogP contribution in [0.5, 0.6) is 5.75 Å². The van der Waals surface area contributed by atoms with Crippen LogP contribution in [-0.2, 0) is 4.79 Å². The standard InChI is InChI=1S/C15H15NO3/c1-10-3-4-13(19-2)12(9-10)14(15(17)18)11-5-7-16-8-6-11/h3-9,14H,1-2H3,(H,17,18). The van der Waals surface area contributed by atoms with Gasteiger partial charge in [0.15, 0.2) is 0 Å². The quantitative estimate of drug-likeness (QED) is 0.914. The topological polar surface area (TPSA) is 59.4 Å². The molecule has 1 atom stereocenters. The lowest BCUT2D eigenvalue weighted by molar-refractivity contribution is -0.137. The van der Waals surface area contributed by atoms with Crippen LogP contribution in [0, 0.1) is 6.92 Å². The number of ether oxygens (including phenoxy) is 1. The average Bonchev–Trinajstić information content (AvgIpc) is 2.40. The summed E-state index contributed by atoms with van der Waals surface area (Å²) in [6.07, 6.45) is 3.18. The highest BCUT2D eigenvalue weighted by atomic mass is 16.5. The second kappa shape index (κ2) is 5.52. The Morgan fingerprint density at radius 1 is 1.26 bits per heavy atom. The molecule has 98 valence electrons. The smallest absolute Gasteiger partial charge is 0.315 e. The highest BCUT2D eigenvalue weighted by molar-refractivity contribution is 5.81. The maximum Gasteiger partial charge on any atom is 0.315 e. The van der Waals surface area contributed by atoms with Crippen LogP contribution >= 0.6 is 0 Å². The van der Waals surface area contributed by atoms with Crippen LogP contribution in [0.3, 0.4) is 0 Å². The first-order chi connectivity index (χ1) is 9.13. The molecule has 0 bridgehead atoms. The predicted octanol–water partition coefficient (Wildman–Crippen LogP) is 2.62. The maximum atomic E-state index is 11.6. The van der Waals surface area contributed by atoms with Crippen LogP contribution in [0.15, 0.2) is 42.7 Å². The third-order valence-electron chi connectivity index (χ3n) is 2.98. The molecular weight excluding hydrogens is 242 g/mol. The molecule has 0 radical (unpaired) electrons. The molecule has 2 aromatic rings. The zero-order valence-electron chi connectivity index (χ0n) is 10.8. The first-order valence-electron chi connectivity index (χ1n) is 5.90. The van der Waals surface area contributed by atoms with Crippen molar-refractivity contribution in [2.24, 2.45) is 0 Å². The second-order valence-electron chi connectivity index (χ2n) is 4.30. The number of carbonyl (C=O) groups is 1. The Bertz CT molecular complexity index is 581. The summed E-state index contributed by atoms with van der Waals surface area (Å²) in [5, 5.41) is 9.52. The molecule has 1 aromatic carbocycles. The lowest BCUT2D eigenvalue weighted by atomic mass is 9.90. The number of aliphatic carboxylic acids is 1. The summed E-state index contributed by atoms with van der Waals surface area (Å²) >= 11 is 0. The minimum Gasteiger partial charge on any atom is -0.496 e. The number of rotatable bonds is 4. The van der Waals surface area contributed by atoms with Crippen LogP contribution < -0.4 is 4.74 Å². The van der Waals surface area contributed by atoms with Gasteiger partial charge >= 0.3 is 5.97 Å². The van der Waals surface area contributed by atoms with Crippen molar-refractivity contribution in [3.63, 3.8) is 0 Å². The molecule has 0 aliphatic heterocycles. The summed E-state index contributed by atoms with van der Waals surface area (Å²) in [5.74, 6) is -1.08. The van der Waals surface area contributed by atoms with Gasteiger partial charge in [-0.2, -0.15) is 0 Å². The van der Waals surface area contributed by atoms with E-state index in [2.05, 4.69) is 4.98 Å². The number of nitrogens with zero attached hydrogens (tertiary/aromatic N) is 1. The lowest BCUT2D eigenvalue weighted by Gasteiger charge is -2.17. The number of benzene rings is 1. The summed E-state index contributed by atoms with van der Waals surface area (Å²) in [5.41, 5.74) is 2.34. The van der Waals surface area contributed by atoms with E-state index in [4.69, 9.17) is 4.74 Å². The summed E-state index contributed by atoms with van der Waals surface area (Å²) in [6, 6.07) is 8.95. The van der Waals surface area contributed by atoms with E-state index < -0.39 is 11.9 Å². The Morgan fingerprint density at radius 3 is 2.53 bits per heavy atom. The van der Waals surface area contributed by atoms with Crippen LogP contribution in [0.4, 0.5) is 0 Å². The van der Waals surface area contributed by atoms with E-state index >= 15 is 0 Å². The SMILES string of the molecule is COc1ccc(C)cc1C(C(=O)O)c1ccncc1. The second-order valence-corrected chi connectivity index (χ2v) is 4.30. The predicted molar refractivity (Wildman–Crippen MR) is 71.4 cm³/mol. The van der Waals surface area contributed by atoms with Gasteiger partial charge in [0.25, 0.3) is 0 Å². The zero-order valence-corrected chi connectivity index (χ0v) is 10.8. The number of methoxy groups -OCH3 is 1. The molecule has 0 saturated carbocycles. The molecule has 0 saturated heterocycles. The Morgan fingerprint density at radius 2 is 1.95 bits per heavy atom. The van der Waals surface area contributed by atoms with Crippen molar-refractivity contribution in [2.45, 2.75) is 12.8 Å². The highest BCUT2D eigenvalue weighted by Gasteiger charge is 2.25. The molecule has 1 aromatic heterocycles. The molecule has 19 heavy (non-hydrogen) atoms. The molecule has 4 nitrogen and oxygen atoms in total. The van der Waals surface area contributed by atoms with Crippen LogP contribution in [0.2, 0.25) is 0 Å². The lowest BCUT2D eigenvalue weighted by Crippen LogP contribution is -2.14. The molecule has 2 rings (SSSR count). The number of aromatic nitrogens is 1. The number of carboxylic acid groups (broad SMARTS) is 1. The van der Waals surface area contributed by atoms with Gasteiger partial charge in [-0.15, -0.1) is 0 Å². The van der Waals surface area contributed by atoms with Gasteiger partial charge in [-0.1, -0.05) is 17.7 Å². The molecule has 1 heterocycles.